The molecule has 1 saturated carbocycles. The number of carbonyl (C=O) groups is 2. The van der Waals surface area contributed by atoms with Gasteiger partial charge in [0.1, 0.15) is 6.61 Å². The van der Waals surface area contributed by atoms with E-state index in [1.807, 2.05) is 30.3 Å². The Labute approximate surface area is 92.8 Å². The van der Waals surface area contributed by atoms with Gasteiger partial charge in [-0.25, -0.2) is 0 Å². The molecule has 84 valence electrons. The fraction of sp³-hybridized carbons (Fsp3) is 0.333. The van der Waals surface area contributed by atoms with E-state index in [1.165, 1.54) is 0 Å². The molecule has 2 rings (SSSR count). The third-order valence-corrected chi connectivity index (χ3v) is 2.62. The quantitative estimate of drug-likeness (QED) is 0.674. The molecule has 4 nitrogen and oxygen atoms in total. The lowest BCUT2D eigenvalue weighted by Crippen LogP contribution is -2.26. The fourth-order valence-electron chi connectivity index (χ4n) is 1.55. The SMILES string of the molecule is O=C([O-])[C@H]1C[C@@H]1C(=O)OCc1ccccc1. The second kappa shape index (κ2) is 4.35. The number of rotatable bonds is 4. The number of hydrogen-bond donors (Lipinski definition) is 0. The van der Waals surface area contributed by atoms with Crippen LogP contribution in [0.2, 0.25) is 0 Å². The summed E-state index contributed by atoms with van der Waals surface area (Å²) in [6.45, 7) is 0.190. The number of aliphatic carboxylic acids is 1. The number of hydrogen-bond acceptors (Lipinski definition) is 4. The van der Waals surface area contributed by atoms with E-state index in [0.29, 0.717) is 6.42 Å². The number of carboxylic acids is 1. The molecule has 1 aliphatic carbocycles. The highest BCUT2D eigenvalue weighted by atomic mass is 16.5. The Morgan fingerprint density at radius 2 is 1.94 bits per heavy atom. The topological polar surface area (TPSA) is 66.4 Å². The Morgan fingerprint density at radius 3 is 2.50 bits per heavy atom. The zero-order chi connectivity index (χ0) is 11.5. The van der Waals surface area contributed by atoms with Gasteiger partial charge in [-0.05, 0) is 12.0 Å². The van der Waals surface area contributed by atoms with Crippen molar-refractivity contribution in [1.82, 2.24) is 0 Å². The zero-order valence-electron chi connectivity index (χ0n) is 8.59. The lowest BCUT2D eigenvalue weighted by atomic mass is 10.2. The van der Waals surface area contributed by atoms with E-state index in [1.54, 1.807) is 0 Å². The van der Waals surface area contributed by atoms with Crippen LogP contribution in [0.15, 0.2) is 30.3 Å². The number of carboxylic acid groups (broad SMARTS) is 1. The predicted octanol–water partition coefficient (Wildman–Crippen LogP) is 0.116. The van der Waals surface area contributed by atoms with Crippen LogP contribution in [0.5, 0.6) is 0 Å². The Kier molecular flexibility index (Phi) is 2.90. The molecule has 0 N–H and O–H groups in total. The van der Waals surface area contributed by atoms with Crippen LogP contribution in [0.25, 0.3) is 0 Å². The number of benzene rings is 1. The van der Waals surface area contributed by atoms with Crippen molar-refractivity contribution in [2.75, 3.05) is 0 Å². The zero-order valence-corrected chi connectivity index (χ0v) is 8.59. The standard InChI is InChI=1S/C12H12O4/c13-11(14)9-6-10(9)12(15)16-7-8-4-2-1-3-5-8/h1-5,9-10H,6-7H2,(H,13,14)/p-1/t9-,10-/m0/s1. The van der Waals surface area contributed by atoms with Crippen molar-refractivity contribution in [3.8, 4) is 0 Å². The van der Waals surface area contributed by atoms with Crippen molar-refractivity contribution in [2.45, 2.75) is 13.0 Å². The third-order valence-electron chi connectivity index (χ3n) is 2.62. The van der Waals surface area contributed by atoms with Crippen LogP contribution >= 0.6 is 0 Å². The van der Waals surface area contributed by atoms with Crippen molar-refractivity contribution in [3.63, 3.8) is 0 Å². The monoisotopic (exact) mass is 219 g/mol. The summed E-state index contributed by atoms with van der Waals surface area (Å²) < 4.78 is 5.00. The molecule has 1 aromatic carbocycles. The fourth-order valence-corrected chi connectivity index (χ4v) is 1.55. The first kappa shape index (κ1) is 10.7. The first-order chi connectivity index (χ1) is 7.68. The first-order valence-corrected chi connectivity index (χ1v) is 5.10. The van der Waals surface area contributed by atoms with Crippen LogP contribution in [0, 0.1) is 11.8 Å². The van der Waals surface area contributed by atoms with Gasteiger partial charge >= 0.3 is 5.97 Å². The molecule has 2 atom stereocenters. The molecule has 1 aliphatic rings. The van der Waals surface area contributed by atoms with Gasteiger partial charge in [-0.3, -0.25) is 4.79 Å². The summed E-state index contributed by atoms with van der Waals surface area (Å²) in [5.74, 6) is -2.77. The molecule has 0 amide bonds. The summed E-state index contributed by atoms with van der Waals surface area (Å²) in [4.78, 5) is 21.8. The highest BCUT2D eigenvalue weighted by Gasteiger charge is 2.45. The first-order valence-electron chi connectivity index (χ1n) is 5.10. The van der Waals surface area contributed by atoms with Crippen molar-refractivity contribution >= 4 is 11.9 Å². The third kappa shape index (κ3) is 2.39. The van der Waals surface area contributed by atoms with Crippen LogP contribution in [0.3, 0.4) is 0 Å². The molecule has 0 bridgehead atoms. The molecule has 1 fully saturated rings. The van der Waals surface area contributed by atoms with Crippen molar-refractivity contribution < 1.29 is 19.4 Å². The van der Waals surface area contributed by atoms with Gasteiger partial charge in [-0.1, -0.05) is 30.3 Å². The van der Waals surface area contributed by atoms with E-state index >= 15 is 0 Å². The molecule has 0 saturated heterocycles. The molecule has 1 aromatic rings. The maximum Gasteiger partial charge on any atom is 0.309 e. The normalized spacial score (nSPS) is 22.5. The van der Waals surface area contributed by atoms with E-state index in [-0.39, 0.29) is 6.61 Å². The molecular formula is C12H11O4-. The Morgan fingerprint density at radius 1 is 1.25 bits per heavy atom. The van der Waals surface area contributed by atoms with Gasteiger partial charge in [-0.2, -0.15) is 0 Å². The Balaban J connectivity index is 1.80. The highest BCUT2D eigenvalue weighted by molar-refractivity contribution is 5.85. The minimum atomic E-state index is -1.17. The molecule has 0 spiro atoms. The maximum atomic E-state index is 11.4. The number of esters is 1. The molecule has 16 heavy (non-hydrogen) atoms. The van der Waals surface area contributed by atoms with Crippen LogP contribution < -0.4 is 5.11 Å². The van der Waals surface area contributed by atoms with Gasteiger partial charge in [-0.15, -0.1) is 0 Å². The van der Waals surface area contributed by atoms with Crippen LogP contribution in [-0.2, 0) is 20.9 Å². The van der Waals surface area contributed by atoms with Gasteiger partial charge < -0.3 is 14.6 Å². The van der Waals surface area contributed by atoms with E-state index in [2.05, 4.69) is 0 Å². The number of carbonyl (C=O) groups excluding carboxylic acids is 2. The van der Waals surface area contributed by atoms with E-state index in [0.717, 1.165) is 5.56 Å². The van der Waals surface area contributed by atoms with Crippen LogP contribution in [0.1, 0.15) is 12.0 Å². The minimum Gasteiger partial charge on any atom is -0.550 e. The molecule has 4 heteroatoms. The molecule has 0 radical (unpaired) electrons. The smallest absolute Gasteiger partial charge is 0.309 e. The van der Waals surface area contributed by atoms with Crippen molar-refractivity contribution in [2.24, 2.45) is 11.8 Å². The second-order valence-corrected chi connectivity index (χ2v) is 3.86. The second-order valence-electron chi connectivity index (χ2n) is 3.86. The van der Waals surface area contributed by atoms with Gasteiger partial charge in [0.15, 0.2) is 0 Å². The summed E-state index contributed by atoms with van der Waals surface area (Å²) in [6.07, 6.45) is 0.343. The van der Waals surface area contributed by atoms with Crippen molar-refractivity contribution in [1.29, 1.82) is 0 Å². The molecular weight excluding hydrogens is 208 g/mol. The maximum absolute atomic E-state index is 11.4. The molecule has 0 aromatic heterocycles. The van der Waals surface area contributed by atoms with Crippen molar-refractivity contribution in [3.05, 3.63) is 35.9 Å². The highest BCUT2D eigenvalue weighted by Crippen LogP contribution is 2.39. The average Bonchev–Trinajstić information content (AvgIpc) is 3.07. The Bertz CT molecular complexity index is 399. The minimum absolute atomic E-state index is 0.190. The van der Waals surface area contributed by atoms with E-state index < -0.39 is 23.8 Å². The number of ether oxygens (including phenoxy) is 1. The molecule has 0 aliphatic heterocycles. The molecule has 0 heterocycles. The lowest BCUT2D eigenvalue weighted by Gasteiger charge is -2.04. The van der Waals surface area contributed by atoms with Gasteiger partial charge in [0.2, 0.25) is 0 Å². The largest absolute Gasteiger partial charge is 0.550 e. The summed E-state index contributed by atoms with van der Waals surface area (Å²) in [7, 11) is 0. The summed E-state index contributed by atoms with van der Waals surface area (Å²) >= 11 is 0. The van der Waals surface area contributed by atoms with E-state index in [9.17, 15) is 14.7 Å². The van der Waals surface area contributed by atoms with Gasteiger partial charge in [0.05, 0.1) is 5.92 Å². The van der Waals surface area contributed by atoms with E-state index in [4.69, 9.17) is 4.74 Å². The van der Waals surface area contributed by atoms with Crippen LogP contribution in [-0.4, -0.2) is 11.9 Å². The van der Waals surface area contributed by atoms with Gasteiger partial charge in [0, 0.05) is 11.9 Å². The van der Waals surface area contributed by atoms with Gasteiger partial charge in [0.25, 0.3) is 0 Å². The summed E-state index contributed by atoms with van der Waals surface area (Å²) in [6, 6.07) is 9.26. The average molecular weight is 219 g/mol. The predicted molar refractivity (Wildman–Crippen MR) is 52.8 cm³/mol. The van der Waals surface area contributed by atoms with Crippen LogP contribution in [0.4, 0.5) is 0 Å². The molecule has 0 unspecified atom stereocenters. The summed E-state index contributed by atoms with van der Waals surface area (Å²) in [5, 5.41) is 10.4. The lowest BCUT2D eigenvalue weighted by molar-refractivity contribution is -0.308. The summed E-state index contributed by atoms with van der Waals surface area (Å²) in [5.41, 5.74) is 0.890. The Hall–Kier alpha value is -1.84.